The van der Waals surface area contributed by atoms with E-state index in [2.05, 4.69) is 6.58 Å². The Bertz CT molecular complexity index is 1070. The predicted octanol–water partition coefficient (Wildman–Crippen LogP) is 6.04. The molecule has 0 saturated heterocycles. The maximum Gasteiger partial charge on any atom is 0.349 e. The van der Waals surface area contributed by atoms with Crippen LogP contribution in [-0.2, 0) is 23.8 Å². The van der Waals surface area contributed by atoms with E-state index in [1.165, 1.54) is 0 Å². The molecule has 2 aromatic rings. The summed E-state index contributed by atoms with van der Waals surface area (Å²) in [6, 6.07) is 18.5. The van der Waals surface area contributed by atoms with Crippen molar-refractivity contribution < 1.29 is 28.5 Å². The van der Waals surface area contributed by atoms with Gasteiger partial charge in [-0.15, -0.1) is 6.58 Å². The van der Waals surface area contributed by atoms with Crippen molar-refractivity contribution >= 4 is 17.5 Å². The Labute approximate surface area is 225 Å². The lowest BCUT2D eigenvalue weighted by Crippen LogP contribution is -2.16. The minimum Gasteiger partial charge on any atom is -0.494 e. The molecule has 0 aliphatic rings. The highest BCUT2D eigenvalue weighted by atomic mass is 16.6. The van der Waals surface area contributed by atoms with Gasteiger partial charge in [0.05, 0.1) is 19.8 Å². The van der Waals surface area contributed by atoms with Crippen LogP contribution in [0.4, 0.5) is 0 Å². The van der Waals surface area contributed by atoms with E-state index in [1.54, 1.807) is 12.1 Å². The Kier molecular flexibility index (Phi) is 14.7. The summed E-state index contributed by atoms with van der Waals surface area (Å²) in [5, 5.41) is 9.85. The van der Waals surface area contributed by atoms with Gasteiger partial charge in [-0.1, -0.05) is 61.4 Å². The van der Waals surface area contributed by atoms with Crippen molar-refractivity contribution in [2.24, 2.45) is 0 Å². The van der Waals surface area contributed by atoms with Crippen molar-refractivity contribution in [3.8, 4) is 11.8 Å². The van der Waals surface area contributed by atoms with E-state index < -0.39 is 5.97 Å². The van der Waals surface area contributed by atoms with E-state index in [4.69, 9.17) is 18.9 Å². The molecule has 0 aliphatic carbocycles. The van der Waals surface area contributed by atoms with Crippen LogP contribution < -0.4 is 4.74 Å². The highest BCUT2D eigenvalue weighted by molar-refractivity contribution is 6.05. The summed E-state index contributed by atoms with van der Waals surface area (Å²) in [7, 11) is 0. The minimum absolute atomic E-state index is 0.0337. The van der Waals surface area contributed by atoms with E-state index in [-0.39, 0.29) is 38.0 Å². The highest BCUT2D eigenvalue weighted by Crippen LogP contribution is 2.29. The van der Waals surface area contributed by atoms with Crippen LogP contribution >= 0.6 is 0 Å². The maximum atomic E-state index is 12.8. The normalized spacial score (nSPS) is 11.2. The van der Waals surface area contributed by atoms with Crippen LogP contribution in [-0.4, -0.2) is 45.0 Å². The third kappa shape index (κ3) is 11.0. The van der Waals surface area contributed by atoms with Gasteiger partial charge in [-0.25, -0.2) is 4.79 Å². The SMILES string of the molecule is C=CCCCCCCC(=O)OCCOCCOC(=O)C(C#N)=C(c1ccccc1)c1ccc(OCC)cc1. The van der Waals surface area contributed by atoms with Crippen LogP contribution in [0.3, 0.4) is 0 Å². The molecule has 0 bridgehead atoms. The number of rotatable bonds is 18. The Balaban J connectivity index is 1.84. The monoisotopic (exact) mass is 519 g/mol. The first-order valence-corrected chi connectivity index (χ1v) is 13.0. The van der Waals surface area contributed by atoms with Gasteiger partial charge in [-0.05, 0) is 49.4 Å². The van der Waals surface area contributed by atoms with Crippen LogP contribution in [0, 0.1) is 11.3 Å². The summed E-state index contributed by atoms with van der Waals surface area (Å²) in [4.78, 5) is 24.6. The van der Waals surface area contributed by atoms with E-state index in [0.717, 1.165) is 37.7 Å². The fourth-order valence-corrected chi connectivity index (χ4v) is 3.71. The molecule has 7 heteroatoms. The molecule has 0 fully saturated rings. The molecule has 0 aliphatic heterocycles. The molecular formula is C31H37NO6. The third-order valence-corrected chi connectivity index (χ3v) is 5.57. The molecule has 0 amide bonds. The van der Waals surface area contributed by atoms with Gasteiger partial charge >= 0.3 is 11.9 Å². The average Bonchev–Trinajstić information content (AvgIpc) is 2.94. The molecule has 0 unspecified atom stereocenters. The molecule has 0 aromatic heterocycles. The topological polar surface area (TPSA) is 94.9 Å². The second-order valence-corrected chi connectivity index (χ2v) is 8.40. The van der Waals surface area contributed by atoms with Crippen LogP contribution in [0.25, 0.3) is 5.57 Å². The summed E-state index contributed by atoms with van der Waals surface area (Å²) in [5.74, 6) is -0.273. The van der Waals surface area contributed by atoms with Gasteiger partial charge < -0.3 is 18.9 Å². The van der Waals surface area contributed by atoms with Crippen molar-refractivity contribution in [1.29, 1.82) is 5.26 Å². The average molecular weight is 520 g/mol. The van der Waals surface area contributed by atoms with Crippen LogP contribution in [0.1, 0.15) is 56.6 Å². The molecule has 0 spiro atoms. The summed E-state index contributed by atoms with van der Waals surface area (Å²) < 4.78 is 21.4. The van der Waals surface area contributed by atoms with Gasteiger partial charge in [0.25, 0.3) is 0 Å². The standard InChI is InChI=1S/C31H37NO6/c1-3-5-6-7-8-12-15-29(33)37-22-20-35-21-23-38-31(34)28(24-32)30(25-13-10-9-11-14-25)26-16-18-27(19-17-26)36-4-2/h3,9-11,13-14,16-19H,1,4-8,12,15,20-23H2,2H3. The number of benzene rings is 2. The number of hydrogen-bond acceptors (Lipinski definition) is 7. The number of unbranched alkanes of at least 4 members (excludes halogenated alkanes) is 4. The van der Waals surface area contributed by atoms with Gasteiger partial charge in [0, 0.05) is 12.0 Å². The first kappa shape index (κ1) is 30.3. The molecule has 7 nitrogen and oxygen atoms in total. The molecule has 0 atom stereocenters. The lowest BCUT2D eigenvalue weighted by molar-refractivity contribution is -0.145. The lowest BCUT2D eigenvalue weighted by atomic mass is 9.93. The minimum atomic E-state index is -0.733. The first-order valence-electron chi connectivity index (χ1n) is 13.0. The Morgan fingerprint density at radius 2 is 1.53 bits per heavy atom. The smallest absolute Gasteiger partial charge is 0.349 e. The molecule has 0 heterocycles. The fourth-order valence-electron chi connectivity index (χ4n) is 3.71. The molecule has 202 valence electrons. The van der Waals surface area contributed by atoms with Gasteiger partial charge in [0.1, 0.15) is 30.6 Å². The van der Waals surface area contributed by atoms with Crippen LogP contribution in [0.15, 0.2) is 72.8 Å². The first-order chi connectivity index (χ1) is 18.6. The van der Waals surface area contributed by atoms with Crippen molar-refractivity contribution in [1.82, 2.24) is 0 Å². The number of carbonyl (C=O) groups is 2. The van der Waals surface area contributed by atoms with Gasteiger partial charge in [-0.3, -0.25) is 4.79 Å². The summed E-state index contributed by atoms with van der Waals surface area (Å²) >= 11 is 0. The Hall–Kier alpha value is -3.89. The molecule has 0 radical (unpaired) electrons. The van der Waals surface area contributed by atoms with Crippen molar-refractivity contribution in [3.05, 3.63) is 84.0 Å². The zero-order valence-electron chi connectivity index (χ0n) is 22.2. The number of allylic oxidation sites excluding steroid dienone is 1. The Morgan fingerprint density at radius 1 is 0.868 bits per heavy atom. The Morgan fingerprint density at radius 3 is 2.18 bits per heavy atom. The lowest BCUT2D eigenvalue weighted by Gasteiger charge is -2.13. The van der Waals surface area contributed by atoms with Gasteiger partial charge in [0.15, 0.2) is 0 Å². The van der Waals surface area contributed by atoms with E-state index in [1.807, 2.05) is 61.5 Å². The number of nitrogens with zero attached hydrogens (tertiary/aromatic N) is 1. The summed E-state index contributed by atoms with van der Waals surface area (Å²) in [6.45, 7) is 6.56. The summed E-state index contributed by atoms with van der Waals surface area (Å²) in [6.07, 6.45) is 7.28. The van der Waals surface area contributed by atoms with Crippen molar-refractivity contribution in [2.45, 2.75) is 45.4 Å². The quantitative estimate of drug-likeness (QED) is 0.0779. The van der Waals surface area contributed by atoms with Gasteiger partial charge in [-0.2, -0.15) is 5.26 Å². The van der Waals surface area contributed by atoms with Crippen molar-refractivity contribution in [2.75, 3.05) is 33.0 Å². The fraction of sp³-hybridized carbons (Fsp3) is 0.387. The second-order valence-electron chi connectivity index (χ2n) is 8.40. The van der Waals surface area contributed by atoms with Crippen LogP contribution in [0.5, 0.6) is 5.75 Å². The van der Waals surface area contributed by atoms with E-state index in [9.17, 15) is 14.9 Å². The number of ether oxygens (including phenoxy) is 4. The highest BCUT2D eigenvalue weighted by Gasteiger charge is 2.20. The van der Waals surface area contributed by atoms with E-state index in [0.29, 0.717) is 29.9 Å². The van der Waals surface area contributed by atoms with Gasteiger partial charge in [0.2, 0.25) is 0 Å². The molecule has 0 N–H and O–H groups in total. The third-order valence-electron chi connectivity index (χ3n) is 5.57. The summed E-state index contributed by atoms with van der Waals surface area (Å²) in [5.41, 5.74) is 1.80. The number of esters is 2. The molecule has 2 aromatic carbocycles. The maximum absolute atomic E-state index is 12.8. The largest absolute Gasteiger partial charge is 0.494 e. The zero-order valence-corrected chi connectivity index (χ0v) is 22.2. The molecule has 0 saturated carbocycles. The van der Waals surface area contributed by atoms with Crippen LogP contribution in [0.2, 0.25) is 0 Å². The van der Waals surface area contributed by atoms with E-state index >= 15 is 0 Å². The number of hydrogen-bond donors (Lipinski definition) is 0. The predicted molar refractivity (Wildman–Crippen MR) is 146 cm³/mol. The molecule has 38 heavy (non-hydrogen) atoms. The number of carbonyl (C=O) groups excluding carboxylic acids is 2. The second kappa shape index (κ2) is 18.4. The van der Waals surface area contributed by atoms with Crippen molar-refractivity contribution in [3.63, 3.8) is 0 Å². The molecular weight excluding hydrogens is 482 g/mol. The number of nitriles is 1. The molecule has 2 rings (SSSR count). The zero-order chi connectivity index (χ0) is 27.4.